The average molecular weight is 248 g/mol. The topological polar surface area (TPSA) is 67.6 Å². The Balaban J connectivity index is 2.06. The zero-order chi connectivity index (χ0) is 13.2. The van der Waals surface area contributed by atoms with Crippen LogP contribution in [-0.2, 0) is 6.54 Å². The Bertz CT molecular complexity index is 780. The number of nitrogens with zero attached hydrogens (tertiary/aromatic N) is 3. The van der Waals surface area contributed by atoms with Gasteiger partial charge in [0.05, 0.1) is 29.2 Å². The van der Waals surface area contributed by atoms with Crippen molar-refractivity contribution < 1.29 is 0 Å². The highest BCUT2D eigenvalue weighted by atomic mass is 15.1. The molecule has 0 amide bonds. The largest absolute Gasteiger partial charge is 0.369 e. The van der Waals surface area contributed by atoms with Crippen LogP contribution in [0.4, 0.5) is 5.95 Å². The van der Waals surface area contributed by atoms with Crippen molar-refractivity contribution in [3.05, 3.63) is 59.7 Å². The number of nitriles is 1. The summed E-state index contributed by atoms with van der Waals surface area (Å²) < 4.78 is 1.95. The smallest absolute Gasteiger partial charge is 0.201 e. The number of nitrogens with two attached hydrogens (primary N) is 1. The molecule has 0 bridgehead atoms. The minimum atomic E-state index is 0.489. The third-order valence-electron chi connectivity index (χ3n) is 3.08. The summed E-state index contributed by atoms with van der Waals surface area (Å²) in [6.07, 6.45) is 0. The van der Waals surface area contributed by atoms with Crippen LogP contribution in [0.5, 0.6) is 0 Å². The molecular formula is C15H12N4. The molecular weight excluding hydrogens is 236 g/mol. The Labute approximate surface area is 110 Å². The van der Waals surface area contributed by atoms with Gasteiger partial charge in [-0.2, -0.15) is 5.26 Å². The Morgan fingerprint density at radius 3 is 2.84 bits per heavy atom. The molecule has 0 fully saturated rings. The van der Waals surface area contributed by atoms with Crippen molar-refractivity contribution in [3.8, 4) is 6.07 Å². The van der Waals surface area contributed by atoms with Crippen LogP contribution < -0.4 is 5.73 Å². The molecule has 0 spiro atoms. The summed E-state index contributed by atoms with van der Waals surface area (Å²) in [6, 6.07) is 17.5. The normalized spacial score (nSPS) is 10.5. The maximum atomic E-state index is 8.92. The quantitative estimate of drug-likeness (QED) is 0.757. The second kappa shape index (κ2) is 4.46. The number of aromatic nitrogens is 2. The lowest BCUT2D eigenvalue weighted by molar-refractivity contribution is 0.838. The number of hydrogen-bond donors (Lipinski definition) is 1. The number of rotatable bonds is 2. The molecule has 4 heteroatoms. The van der Waals surface area contributed by atoms with Gasteiger partial charge in [0, 0.05) is 0 Å². The minimum absolute atomic E-state index is 0.489. The highest BCUT2D eigenvalue weighted by Crippen LogP contribution is 2.19. The maximum absolute atomic E-state index is 8.92. The number of benzene rings is 2. The predicted molar refractivity (Wildman–Crippen MR) is 74.4 cm³/mol. The van der Waals surface area contributed by atoms with Crippen molar-refractivity contribution in [2.24, 2.45) is 0 Å². The van der Waals surface area contributed by atoms with Gasteiger partial charge in [-0.25, -0.2) is 4.98 Å². The van der Waals surface area contributed by atoms with Crippen molar-refractivity contribution in [2.75, 3.05) is 5.73 Å². The summed E-state index contributed by atoms with van der Waals surface area (Å²) in [5.74, 6) is 0.489. The third kappa shape index (κ3) is 2.02. The van der Waals surface area contributed by atoms with Crippen LogP contribution >= 0.6 is 0 Å². The number of imidazole rings is 1. The van der Waals surface area contributed by atoms with Gasteiger partial charge in [0.15, 0.2) is 0 Å². The predicted octanol–water partition coefficient (Wildman–Crippen LogP) is 2.54. The molecule has 3 aromatic rings. The first-order valence-corrected chi connectivity index (χ1v) is 5.98. The summed E-state index contributed by atoms with van der Waals surface area (Å²) in [7, 11) is 0. The second-order valence-electron chi connectivity index (χ2n) is 4.36. The van der Waals surface area contributed by atoms with Crippen LogP contribution in [0.25, 0.3) is 11.0 Å². The van der Waals surface area contributed by atoms with E-state index in [9.17, 15) is 0 Å². The molecule has 0 radical (unpaired) electrons. The number of nitrogen functional groups attached to an aromatic ring is 1. The summed E-state index contributed by atoms with van der Waals surface area (Å²) >= 11 is 0. The molecule has 0 aliphatic rings. The van der Waals surface area contributed by atoms with Crippen LogP contribution in [0.15, 0.2) is 48.5 Å². The van der Waals surface area contributed by atoms with Crippen LogP contribution in [0.3, 0.4) is 0 Å². The molecule has 4 nitrogen and oxygen atoms in total. The van der Waals surface area contributed by atoms with Crippen molar-refractivity contribution in [3.63, 3.8) is 0 Å². The summed E-state index contributed by atoms with van der Waals surface area (Å²) in [4.78, 5) is 4.33. The lowest BCUT2D eigenvalue weighted by Gasteiger charge is -2.06. The minimum Gasteiger partial charge on any atom is -0.369 e. The number of para-hydroxylation sites is 2. The molecule has 3 rings (SSSR count). The first-order valence-electron chi connectivity index (χ1n) is 5.98. The molecule has 1 heterocycles. The van der Waals surface area contributed by atoms with Crippen LogP contribution in [0.1, 0.15) is 11.1 Å². The lowest BCUT2D eigenvalue weighted by atomic mass is 10.1. The molecule has 0 aliphatic carbocycles. The first-order chi connectivity index (χ1) is 9.28. The third-order valence-corrected chi connectivity index (χ3v) is 3.08. The SMILES string of the molecule is N#Cc1cccc(Cn2c(N)nc3ccccc32)c1. The molecule has 1 aromatic heterocycles. The molecule has 0 saturated carbocycles. The van der Waals surface area contributed by atoms with Gasteiger partial charge in [0.2, 0.25) is 5.95 Å². The number of hydrogen-bond acceptors (Lipinski definition) is 3. The molecule has 2 aromatic carbocycles. The van der Waals surface area contributed by atoms with Crippen LogP contribution in [0, 0.1) is 11.3 Å². The molecule has 0 saturated heterocycles. The van der Waals surface area contributed by atoms with Crippen LogP contribution in [-0.4, -0.2) is 9.55 Å². The monoisotopic (exact) mass is 248 g/mol. The van der Waals surface area contributed by atoms with Crippen molar-refractivity contribution in [2.45, 2.75) is 6.54 Å². The van der Waals surface area contributed by atoms with Gasteiger partial charge in [-0.05, 0) is 29.8 Å². The van der Waals surface area contributed by atoms with E-state index in [0.29, 0.717) is 18.1 Å². The Hall–Kier alpha value is -2.80. The Morgan fingerprint density at radius 1 is 1.16 bits per heavy atom. The lowest BCUT2D eigenvalue weighted by Crippen LogP contribution is -2.04. The summed E-state index contributed by atoms with van der Waals surface area (Å²) in [6.45, 7) is 0.613. The molecule has 19 heavy (non-hydrogen) atoms. The molecule has 2 N–H and O–H groups in total. The molecule has 0 aliphatic heterocycles. The van der Waals surface area contributed by atoms with Gasteiger partial charge in [-0.3, -0.25) is 0 Å². The average Bonchev–Trinajstić information content (AvgIpc) is 2.76. The molecule has 92 valence electrons. The van der Waals surface area contributed by atoms with Crippen molar-refractivity contribution in [1.29, 1.82) is 5.26 Å². The Kier molecular flexibility index (Phi) is 2.66. The van der Waals surface area contributed by atoms with Gasteiger partial charge in [-0.15, -0.1) is 0 Å². The zero-order valence-electron chi connectivity index (χ0n) is 10.2. The van der Waals surface area contributed by atoms with E-state index in [1.54, 1.807) is 6.07 Å². The highest BCUT2D eigenvalue weighted by molar-refractivity contribution is 5.78. The maximum Gasteiger partial charge on any atom is 0.201 e. The van der Waals surface area contributed by atoms with E-state index in [1.165, 1.54) is 0 Å². The fraction of sp³-hybridized carbons (Fsp3) is 0.0667. The van der Waals surface area contributed by atoms with E-state index in [0.717, 1.165) is 16.6 Å². The van der Waals surface area contributed by atoms with Crippen molar-refractivity contribution in [1.82, 2.24) is 9.55 Å². The van der Waals surface area contributed by atoms with Gasteiger partial charge < -0.3 is 10.3 Å². The number of anilines is 1. The van der Waals surface area contributed by atoms with Crippen molar-refractivity contribution >= 4 is 17.0 Å². The van der Waals surface area contributed by atoms with Gasteiger partial charge in [0.1, 0.15) is 0 Å². The van der Waals surface area contributed by atoms with E-state index >= 15 is 0 Å². The first kappa shape index (κ1) is 11.3. The van der Waals surface area contributed by atoms with E-state index in [-0.39, 0.29) is 0 Å². The number of fused-ring (bicyclic) bond motifs is 1. The fourth-order valence-electron chi connectivity index (χ4n) is 2.18. The molecule has 0 atom stereocenters. The molecule has 0 unspecified atom stereocenters. The van der Waals surface area contributed by atoms with Gasteiger partial charge >= 0.3 is 0 Å². The van der Waals surface area contributed by atoms with E-state index in [2.05, 4.69) is 11.1 Å². The van der Waals surface area contributed by atoms with E-state index in [4.69, 9.17) is 11.0 Å². The van der Waals surface area contributed by atoms with E-state index < -0.39 is 0 Å². The zero-order valence-corrected chi connectivity index (χ0v) is 10.2. The van der Waals surface area contributed by atoms with Crippen LogP contribution in [0.2, 0.25) is 0 Å². The standard InChI is InChI=1S/C15H12N4/c16-9-11-4-3-5-12(8-11)10-19-14-7-2-1-6-13(14)18-15(19)17/h1-8H,10H2,(H2,17,18). The Morgan fingerprint density at radius 2 is 2.00 bits per heavy atom. The van der Waals surface area contributed by atoms with Gasteiger partial charge in [-0.1, -0.05) is 24.3 Å². The van der Waals surface area contributed by atoms with E-state index in [1.807, 2.05) is 47.0 Å². The summed E-state index contributed by atoms with van der Waals surface area (Å²) in [5.41, 5.74) is 9.54. The summed E-state index contributed by atoms with van der Waals surface area (Å²) in [5, 5.41) is 8.92. The second-order valence-corrected chi connectivity index (χ2v) is 4.36. The fourth-order valence-corrected chi connectivity index (χ4v) is 2.18. The van der Waals surface area contributed by atoms with Gasteiger partial charge in [0.25, 0.3) is 0 Å². The highest BCUT2D eigenvalue weighted by Gasteiger charge is 2.07.